The molecule has 1 heterocycles. The number of methoxy groups -OCH3 is 2. The van der Waals surface area contributed by atoms with Crippen molar-refractivity contribution in [2.75, 3.05) is 27.8 Å². The lowest BCUT2D eigenvalue weighted by Gasteiger charge is -2.24. The van der Waals surface area contributed by atoms with Crippen LogP contribution in [0.2, 0.25) is 0 Å². The zero-order valence-electron chi connectivity index (χ0n) is 18.3. The first-order valence-corrected chi connectivity index (χ1v) is 10.3. The third kappa shape index (κ3) is 5.52. The average Bonchev–Trinajstić information content (AvgIpc) is 3.19. The first-order valence-electron chi connectivity index (χ1n) is 10.3. The van der Waals surface area contributed by atoms with E-state index in [2.05, 4.69) is 15.5 Å². The maximum atomic E-state index is 12.8. The molecular weight excluding hydrogens is 423 g/mol. The summed E-state index contributed by atoms with van der Waals surface area (Å²) in [6, 6.07) is 10.4. The van der Waals surface area contributed by atoms with E-state index in [1.54, 1.807) is 21.3 Å². The highest BCUT2D eigenvalue weighted by Crippen LogP contribution is 2.33. The molecule has 6 nitrogen and oxygen atoms in total. The van der Waals surface area contributed by atoms with Gasteiger partial charge in [0, 0.05) is 38.3 Å². The van der Waals surface area contributed by atoms with Gasteiger partial charge in [-0.05, 0) is 30.2 Å². The predicted molar refractivity (Wildman–Crippen MR) is 114 cm³/mol. The van der Waals surface area contributed by atoms with Crippen molar-refractivity contribution in [2.24, 2.45) is 0 Å². The highest BCUT2D eigenvalue weighted by atomic mass is 19.4. The van der Waals surface area contributed by atoms with Crippen molar-refractivity contribution in [1.82, 2.24) is 15.5 Å². The van der Waals surface area contributed by atoms with Crippen LogP contribution >= 0.6 is 0 Å². The molecule has 174 valence electrons. The SMILES string of the molecule is CNC(=O)[C@@H]1C[C@@H](NCc2ccc(C(F)(F)F)cc2)CN1Cc1cccc(OC)c1OC. The normalized spacial score (nSPS) is 19.1. The minimum Gasteiger partial charge on any atom is -0.493 e. The van der Waals surface area contributed by atoms with E-state index >= 15 is 0 Å². The van der Waals surface area contributed by atoms with E-state index < -0.39 is 11.7 Å². The van der Waals surface area contributed by atoms with Crippen LogP contribution in [-0.2, 0) is 24.1 Å². The van der Waals surface area contributed by atoms with Gasteiger partial charge in [-0.2, -0.15) is 13.2 Å². The van der Waals surface area contributed by atoms with E-state index in [1.807, 2.05) is 18.2 Å². The smallest absolute Gasteiger partial charge is 0.416 e. The Morgan fingerprint density at radius 2 is 1.84 bits per heavy atom. The Bertz CT molecular complexity index is 919. The van der Waals surface area contributed by atoms with Gasteiger partial charge < -0.3 is 20.1 Å². The average molecular weight is 451 g/mol. The fourth-order valence-corrected chi connectivity index (χ4v) is 4.04. The summed E-state index contributed by atoms with van der Waals surface area (Å²) in [5, 5.41) is 6.09. The molecular formula is C23H28F3N3O3. The van der Waals surface area contributed by atoms with Gasteiger partial charge in [0.25, 0.3) is 0 Å². The van der Waals surface area contributed by atoms with Crippen LogP contribution in [0.3, 0.4) is 0 Å². The van der Waals surface area contributed by atoms with E-state index in [0.717, 1.165) is 23.3 Å². The van der Waals surface area contributed by atoms with Crippen molar-refractivity contribution in [3.8, 4) is 11.5 Å². The van der Waals surface area contributed by atoms with Gasteiger partial charge in [0.15, 0.2) is 11.5 Å². The molecule has 2 aromatic rings. The zero-order chi connectivity index (χ0) is 23.3. The summed E-state index contributed by atoms with van der Waals surface area (Å²) in [6.07, 6.45) is -3.76. The molecule has 0 aromatic heterocycles. The number of alkyl halides is 3. The zero-order valence-corrected chi connectivity index (χ0v) is 18.3. The third-order valence-electron chi connectivity index (χ3n) is 5.69. The molecule has 0 bridgehead atoms. The Kier molecular flexibility index (Phi) is 7.63. The van der Waals surface area contributed by atoms with Crippen LogP contribution < -0.4 is 20.1 Å². The quantitative estimate of drug-likeness (QED) is 0.646. The summed E-state index contributed by atoms with van der Waals surface area (Å²) >= 11 is 0. The number of para-hydroxylation sites is 1. The molecule has 0 unspecified atom stereocenters. The van der Waals surface area contributed by atoms with E-state index in [-0.39, 0.29) is 18.0 Å². The van der Waals surface area contributed by atoms with Crippen molar-refractivity contribution >= 4 is 5.91 Å². The molecule has 0 spiro atoms. The molecule has 2 atom stereocenters. The molecule has 0 radical (unpaired) electrons. The van der Waals surface area contributed by atoms with Gasteiger partial charge in [0.1, 0.15) is 0 Å². The number of carbonyl (C=O) groups is 1. The number of carbonyl (C=O) groups excluding carboxylic acids is 1. The molecule has 1 fully saturated rings. The second-order valence-corrected chi connectivity index (χ2v) is 7.72. The molecule has 9 heteroatoms. The largest absolute Gasteiger partial charge is 0.493 e. The Balaban J connectivity index is 1.69. The van der Waals surface area contributed by atoms with Gasteiger partial charge in [-0.3, -0.25) is 9.69 Å². The molecule has 1 aliphatic rings. The second-order valence-electron chi connectivity index (χ2n) is 7.72. The predicted octanol–water partition coefficient (Wildman–Crippen LogP) is 3.20. The Morgan fingerprint density at radius 3 is 2.44 bits per heavy atom. The van der Waals surface area contributed by atoms with Gasteiger partial charge in [0.2, 0.25) is 5.91 Å². The van der Waals surface area contributed by atoms with Crippen molar-refractivity contribution in [3.05, 3.63) is 59.2 Å². The number of rotatable bonds is 8. The number of nitrogens with zero attached hydrogens (tertiary/aromatic N) is 1. The third-order valence-corrected chi connectivity index (χ3v) is 5.69. The summed E-state index contributed by atoms with van der Waals surface area (Å²) in [4.78, 5) is 14.6. The number of nitrogens with one attached hydrogen (secondary N) is 2. The summed E-state index contributed by atoms with van der Waals surface area (Å²) in [6.45, 7) is 1.52. The van der Waals surface area contributed by atoms with E-state index in [0.29, 0.717) is 37.6 Å². The van der Waals surface area contributed by atoms with Gasteiger partial charge in [0.05, 0.1) is 25.8 Å². The van der Waals surface area contributed by atoms with Crippen LogP contribution in [0.5, 0.6) is 11.5 Å². The van der Waals surface area contributed by atoms with E-state index in [1.165, 1.54) is 12.1 Å². The van der Waals surface area contributed by atoms with Gasteiger partial charge in [-0.1, -0.05) is 24.3 Å². The minimum atomic E-state index is -4.35. The molecule has 1 amide bonds. The van der Waals surface area contributed by atoms with Crippen LogP contribution in [0.15, 0.2) is 42.5 Å². The Labute approximate surface area is 185 Å². The monoisotopic (exact) mass is 451 g/mol. The number of hydrogen-bond acceptors (Lipinski definition) is 5. The van der Waals surface area contributed by atoms with Gasteiger partial charge >= 0.3 is 6.18 Å². The highest BCUT2D eigenvalue weighted by molar-refractivity contribution is 5.81. The molecule has 32 heavy (non-hydrogen) atoms. The molecule has 2 aromatic carbocycles. The lowest BCUT2D eigenvalue weighted by Crippen LogP contribution is -2.41. The first kappa shape index (κ1) is 23.9. The minimum absolute atomic E-state index is 0.0104. The number of ether oxygens (including phenoxy) is 2. The highest BCUT2D eigenvalue weighted by Gasteiger charge is 2.36. The maximum absolute atomic E-state index is 12.8. The van der Waals surface area contributed by atoms with E-state index in [4.69, 9.17) is 9.47 Å². The number of benzene rings is 2. The molecule has 1 saturated heterocycles. The van der Waals surface area contributed by atoms with Crippen LogP contribution in [-0.4, -0.2) is 50.7 Å². The number of likely N-dealkylation sites (N-methyl/N-ethyl adjacent to an activating group) is 1. The molecule has 2 N–H and O–H groups in total. The molecule has 1 aliphatic heterocycles. The van der Waals surface area contributed by atoms with E-state index in [9.17, 15) is 18.0 Å². The summed E-state index contributed by atoms with van der Waals surface area (Å²) in [7, 11) is 4.76. The fourth-order valence-electron chi connectivity index (χ4n) is 4.04. The summed E-state index contributed by atoms with van der Waals surface area (Å²) < 4.78 is 49.1. The van der Waals surface area contributed by atoms with Crippen molar-refractivity contribution in [2.45, 2.75) is 37.8 Å². The fraction of sp³-hybridized carbons (Fsp3) is 0.435. The van der Waals surface area contributed by atoms with Crippen LogP contribution in [0.25, 0.3) is 0 Å². The molecule has 3 rings (SSSR count). The lowest BCUT2D eigenvalue weighted by molar-refractivity contribution is -0.137. The number of hydrogen-bond donors (Lipinski definition) is 2. The maximum Gasteiger partial charge on any atom is 0.416 e. The molecule has 0 aliphatic carbocycles. The molecule has 0 saturated carbocycles. The number of amides is 1. The topological polar surface area (TPSA) is 62.8 Å². The lowest BCUT2D eigenvalue weighted by atomic mass is 10.1. The van der Waals surface area contributed by atoms with Crippen LogP contribution in [0.1, 0.15) is 23.1 Å². The van der Waals surface area contributed by atoms with Gasteiger partial charge in [-0.15, -0.1) is 0 Å². The summed E-state index contributed by atoms with van der Waals surface area (Å²) in [5.41, 5.74) is 0.992. The van der Waals surface area contributed by atoms with Crippen molar-refractivity contribution in [1.29, 1.82) is 0 Å². The second kappa shape index (κ2) is 10.2. The number of halogens is 3. The number of likely N-dealkylation sites (tertiary alicyclic amines) is 1. The summed E-state index contributed by atoms with van der Waals surface area (Å²) in [5.74, 6) is 1.18. The first-order chi connectivity index (χ1) is 15.3. The van der Waals surface area contributed by atoms with Gasteiger partial charge in [-0.25, -0.2) is 0 Å². The van der Waals surface area contributed by atoms with Crippen molar-refractivity contribution in [3.63, 3.8) is 0 Å². The van der Waals surface area contributed by atoms with Crippen LogP contribution in [0, 0.1) is 0 Å². The van der Waals surface area contributed by atoms with Crippen molar-refractivity contribution < 1.29 is 27.4 Å². The Morgan fingerprint density at radius 1 is 1.12 bits per heavy atom. The standard InChI is InChI=1S/C23H28F3N3O3/c1-27-22(30)19-11-18(28-12-15-7-9-17(10-8-15)23(24,25)26)14-29(19)13-16-5-4-6-20(31-2)21(16)32-3/h4-10,18-19,28H,11-14H2,1-3H3,(H,27,30)/t18-,19+/m1/s1. The Hall–Kier alpha value is -2.78. The van der Waals surface area contributed by atoms with Crippen LogP contribution in [0.4, 0.5) is 13.2 Å².